The number of aryl methyl sites for hydroxylation is 1. The molecular weight excluding hydrogens is 523 g/mol. The van der Waals surface area contributed by atoms with E-state index >= 15 is 0 Å². The van der Waals surface area contributed by atoms with E-state index in [0.29, 0.717) is 44.3 Å². The second-order valence-corrected chi connectivity index (χ2v) is 10.6. The van der Waals surface area contributed by atoms with E-state index < -0.39 is 5.54 Å². The van der Waals surface area contributed by atoms with Crippen LogP contribution in [0.15, 0.2) is 60.7 Å². The van der Waals surface area contributed by atoms with Gasteiger partial charge in [0.1, 0.15) is 11.6 Å². The average Bonchev–Trinajstić information content (AvgIpc) is 3.49. The maximum absolute atomic E-state index is 14.3. The van der Waals surface area contributed by atoms with Gasteiger partial charge in [-0.15, -0.1) is 0 Å². The van der Waals surface area contributed by atoms with E-state index in [2.05, 4.69) is 5.32 Å². The van der Waals surface area contributed by atoms with Crippen molar-refractivity contribution in [1.29, 1.82) is 0 Å². The maximum atomic E-state index is 14.3. The highest BCUT2D eigenvalue weighted by Gasteiger charge is 2.64. The van der Waals surface area contributed by atoms with Crippen LogP contribution in [-0.4, -0.2) is 28.5 Å². The van der Waals surface area contributed by atoms with Crippen molar-refractivity contribution in [1.82, 2.24) is 9.55 Å². The Balaban J connectivity index is 1.71. The number of ether oxygens (including phenoxy) is 1. The van der Waals surface area contributed by atoms with Gasteiger partial charge in [0.15, 0.2) is 11.2 Å². The van der Waals surface area contributed by atoms with Crippen molar-refractivity contribution in [2.24, 2.45) is 0 Å². The molecule has 38 heavy (non-hydrogen) atoms. The molecule has 0 bridgehead atoms. The normalized spacial score (nSPS) is 17.8. The summed E-state index contributed by atoms with van der Waals surface area (Å²) >= 11 is 12.7. The number of halogens is 2. The highest BCUT2D eigenvalue weighted by molar-refractivity contribution is 6.32. The van der Waals surface area contributed by atoms with Gasteiger partial charge in [-0.25, -0.2) is 4.98 Å². The van der Waals surface area contributed by atoms with Crippen LogP contribution in [0.25, 0.3) is 11.4 Å². The molecule has 2 amide bonds. The Morgan fingerprint density at radius 2 is 1.66 bits per heavy atom. The first-order valence-electron chi connectivity index (χ1n) is 12.2. The zero-order valence-corrected chi connectivity index (χ0v) is 22.7. The second kappa shape index (κ2) is 8.61. The monoisotopic (exact) mass is 546 g/mol. The number of nitrogens with zero attached hydrogens (tertiary/aromatic N) is 3. The summed E-state index contributed by atoms with van der Waals surface area (Å²) in [6.07, 6.45) is 0. The van der Waals surface area contributed by atoms with Gasteiger partial charge in [0.25, 0.3) is 11.8 Å². The van der Waals surface area contributed by atoms with Crippen molar-refractivity contribution in [3.8, 4) is 17.1 Å². The van der Waals surface area contributed by atoms with Gasteiger partial charge < -0.3 is 14.6 Å². The van der Waals surface area contributed by atoms with E-state index in [4.69, 9.17) is 32.9 Å². The number of rotatable bonds is 4. The van der Waals surface area contributed by atoms with Crippen molar-refractivity contribution in [2.75, 3.05) is 17.3 Å². The molecule has 0 fully saturated rings. The number of amides is 2. The molecule has 0 unspecified atom stereocenters. The number of anilines is 2. The summed E-state index contributed by atoms with van der Waals surface area (Å²) in [5, 5.41) is 3.92. The van der Waals surface area contributed by atoms with Crippen molar-refractivity contribution < 1.29 is 14.3 Å². The Bertz CT molecular complexity index is 1640. The number of hydrogen-bond acceptors (Lipinski definition) is 4. The number of carbonyl (C=O) groups is 2. The second-order valence-electron chi connectivity index (χ2n) is 9.75. The maximum Gasteiger partial charge on any atom is 0.280 e. The molecule has 1 atom stereocenters. The fourth-order valence-corrected chi connectivity index (χ4v) is 5.92. The topological polar surface area (TPSA) is 76.5 Å². The van der Waals surface area contributed by atoms with Gasteiger partial charge in [0, 0.05) is 32.9 Å². The zero-order valence-electron chi connectivity index (χ0n) is 21.2. The average molecular weight is 547 g/mol. The third kappa shape index (κ3) is 3.25. The molecule has 6 rings (SSSR count). The fraction of sp³-hybridized carbons (Fsp3) is 0.207. The van der Waals surface area contributed by atoms with Crippen LogP contribution in [0.5, 0.6) is 5.75 Å². The van der Waals surface area contributed by atoms with Gasteiger partial charge in [-0.3, -0.25) is 14.5 Å². The van der Waals surface area contributed by atoms with Gasteiger partial charge >= 0.3 is 0 Å². The molecule has 7 nitrogen and oxygen atoms in total. The number of carbonyl (C=O) groups excluding carboxylic acids is 2. The molecule has 0 saturated heterocycles. The summed E-state index contributed by atoms with van der Waals surface area (Å²) in [6.45, 7) is 5.91. The lowest BCUT2D eigenvalue weighted by atomic mass is 9.86. The summed E-state index contributed by atoms with van der Waals surface area (Å²) in [7, 11) is 1.61. The first-order valence-corrected chi connectivity index (χ1v) is 12.9. The van der Waals surface area contributed by atoms with Crippen LogP contribution in [0.2, 0.25) is 10.0 Å². The van der Waals surface area contributed by atoms with Gasteiger partial charge in [0.05, 0.1) is 18.5 Å². The zero-order chi connectivity index (χ0) is 26.9. The van der Waals surface area contributed by atoms with Crippen molar-refractivity contribution in [3.05, 3.63) is 93.2 Å². The minimum atomic E-state index is -1.51. The summed E-state index contributed by atoms with van der Waals surface area (Å²) in [4.78, 5) is 35.0. The molecule has 4 aromatic rings. The predicted molar refractivity (Wildman–Crippen MR) is 148 cm³/mol. The number of fused-ring (bicyclic) bond motifs is 4. The number of aromatic nitrogens is 2. The molecular formula is C29H24Cl2N4O3. The molecule has 3 heterocycles. The Morgan fingerprint density at radius 3 is 2.34 bits per heavy atom. The molecule has 1 N–H and O–H groups in total. The minimum Gasteiger partial charge on any atom is -0.497 e. The largest absolute Gasteiger partial charge is 0.497 e. The number of benzene rings is 3. The van der Waals surface area contributed by atoms with Crippen LogP contribution in [0.3, 0.4) is 0 Å². The molecule has 2 aliphatic heterocycles. The standard InChI is InChI=1S/C29H24Cl2N4O3/c1-15(2)34-25-24(33-26(34)17-6-10-20(38-4)11-7-17)27(36)35(23-14-19(31)8-5-16(23)3)29(25)21-12-9-18(30)13-22(21)32-28(29)37/h5-15H,1-4H3,(H,32,37)/t29-/m0/s1. The number of nitrogens with one attached hydrogen (secondary N) is 1. The van der Waals surface area contributed by atoms with E-state index in [9.17, 15) is 9.59 Å². The van der Waals surface area contributed by atoms with Crippen LogP contribution >= 0.6 is 23.2 Å². The van der Waals surface area contributed by atoms with Crippen molar-refractivity contribution in [2.45, 2.75) is 32.4 Å². The summed E-state index contributed by atoms with van der Waals surface area (Å²) in [5.41, 5.74) is 2.55. The molecule has 3 aromatic carbocycles. The van der Waals surface area contributed by atoms with Gasteiger partial charge in [0.2, 0.25) is 0 Å². The lowest BCUT2D eigenvalue weighted by Crippen LogP contribution is -2.51. The van der Waals surface area contributed by atoms with E-state index in [1.54, 1.807) is 37.4 Å². The highest BCUT2D eigenvalue weighted by atomic mass is 35.5. The van der Waals surface area contributed by atoms with Gasteiger partial charge in [-0.2, -0.15) is 0 Å². The summed E-state index contributed by atoms with van der Waals surface area (Å²) in [6, 6.07) is 17.9. The van der Waals surface area contributed by atoms with Crippen LogP contribution < -0.4 is 15.0 Å². The molecule has 1 aromatic heterocycles. The first kappa shape index (κ1) is 24.5. The first-order chi connectivity index (χ1) is 18.2. The van der Waals surface area contributed by atoms with E-state index in [1.807, 2.05) is 55.7 Å². The van der Waals surface area contributed by atoms with Crippen LogP contribution in [0, 0.1) is 6.92 Å². The van der Waals surface area contributed by atoms with Crippen LogP contribution in [-0.2, 0) is 10.3 Å². The lowest BCUT2D eigenvalue weighted by Gasteiger charge is -2.36. The van der Waals surface area contributed by atoms with E-state index in [1.165, 1.54) is 4.90 Å². The fourth-order valence-electron chi connectivity index (χ4n) is 5.58. The van der Waals surface area contributed by atoms with Crippen LogP contribution in [0.4, 0.5) is 11.4 Å². The van der Waals surface area contributed by atoms with Crippen molar-refractivity contribution >= 4 is 46.4 Å². The number of imidazole rings is 1. The quantitative estimate of drug-likeness (QED) is 0.312. The molecule has 0 radical (unpaired) electrons. The SMILES string of the molecule is COc1ccc(-c2nc3c(n2C(C)C)[C@@]2(C(=O)Nc4cc(Cl)ccc42)N(c2cc(Cl)ccc2C)C3=O)cc1. The molecule has 1 spiro atoms. The molecule has 192 valence electrons. The molecule has 0 aliphatic carbocycles. The minimum absolute atomic E-state index is 0.127. The van der Waals surface area contributed by atoms with E-state index in [-0.39, 0.29) is 23.6 Å². The Morgan fingerprint density at radius 1 is 0.974 bits per heavy atom. The predicted octanol–water partition coefficient (Wildman–Crippen LogP) is 6.61. The van der Waals surface area contributed by atoms with Crippen molar-refractivity contribution in [3.63, 3.8) is 0 Å². The Kier molecular flexibility index (Phi) is 5.56. The third-order valence-corrected chi connectivity index (χ3v) is 7.69. The Labute approximate surface area is 230 Å². The smallest absolute Gasteiger partial charge is 0.280 e. The summed E-state index contributed by atoms with van der Waals surface area (Å²) in [5.74, 6) is 0.569. The van der Waals surface area contributed by atoms with Crippen LogP contribution in [0.1, 0.15) is 47.2 Å². The van der Waals surface area contributed by atoms with Gasteiger partial charge in [-0.1, -0.05) is 35.3 Å². The lowest BCUT2D eigenvalue weighted by molar-refractivity contribution is -0.119. The van der Waals surface area contributed by atoms with Gasteiger partial charge in [-0.05, 0) is 74.9 Å². The number of hydrogen-bond donors (Lipinski definition) is 1. The molecule has 2 aliphatic rings. The Hall–Kier alpha value is -3.81. The third-order valence-electron chi connectivity index (χ3n) is 7.22. The highest BCUT2D eigenvalue weighted by Crippen LogP contribution is 2.55. The number of methoxy groups -OCH3 is 1. The molecule has 0 saturated carbocycles. The molecule has 9 heteroatoms. The summed E-state index contributed by atoms with van der Waals surface area (Å²) < 4.78 is 7.31. The van der Waals surface area contributed by atoms with E-state index in [0.717, 1.165) is 11.1 Å².